The van der Waals surface area contributed by atoms with Crippen LogP contribution in [-0.2, 0) is 6.42 Å². The lowest BCUT2D eigenvalue weighted by Gasteiger charge is -2.07. The predicted octanol–water partition coefficient (Wildman–Crippen LogP) is 4.66. The van der Waals surface area contributed by atoms with Gasteiger partial charge in [-0.2, -0.15) is 0 Å². The molecule has 2 aromatic carbocycles. The normalized spacial score (nSPS) is 10.4. The van der Waals surface area contributed by atoms with Crippen LogP contribution in [0.3, 0.4) is 0 Å². The topological polar surface area (TPSA) is 37.3 Å². The maximum atomic E-state index is 11.1. The highest BCUT2D eigenvalue weighted by Crippen LogP contribution is 2.26. The molecule has 2 rings (SSSR count). The highest BCUT2D eigenvalue weighted by Gasteiger charge is 2.10. The first-order chi connectivity index (χ1) is 9.11. The summed E-state index contributed by atoms with van der Waals surface area (Å²) in [7, 11) is 0. The van der Waals surface area contributed by atoms with Crippen LogP contribution in [0.15, 0.2) is 42.5 Å². The van der Waals surface area contributed by atoms with Gasteiger partial charge in [0.1, 0.15) is 0 Å². The Labute approximate surface area is 117 Å². The van der Waals surface area contributed by atoms with Gasteiger partial charge in [0.05, 0.1) is 10.6 Å². The second-order valence-corrected chi connectivity index (χ2v) is 4.86. The van der Waals surface area contributed by atoms with E-state index in [-0.39, 0.29) is 10.6 Å². The van der Waals surface area contributed by atoms with E-state index in [1.54, 1.807) is 12.1 Å². The minimum atomic E-state index is -1.00. The van der Waals surface area contributed by atoms with Crippen molar-refractivity contribution in [2.24, 2.45) is 0 Å². The largest absolute Gasteiger partial charge is 0.478 e. The van der Waals surface area contributed by atoms with Crippen molar-refractivity contribution < 1.29 is 9.90 Å². The van der Waals surface area contributed by atoms with Crippen molar-refractivity contribution in [3.63, 3.8) is 0 Å². The zero-order valence-corrected chi connectivity index (χ0v) is 11.4. The fraction of sp³-hybridized carbons (Fsp3) is 0.188. The molecule has 0 aromatic heterocycles. The van der Waals surface area contributed by atoms with Crippen molar-refractivity contribution in [3.05, 3.63) is 58.6 Å². The molecule has 1 N–H and O–H groups in total. The summed E-state index contributed by atoms with van der Waals surface area (Å²) in [4.78, 5) is 11.1. The van der Waals surface area contributed by atoms with Crippen LogP contribution in [0, 0.1) is 0 Å². The molecule has 0 amide bonds. The minimum Gasteiger partial charge on any atom is -0.478 e. The zero-order valence-electron chi connectivity index (χ0n) is 10.7. The number of aromatic carboxylic acids is 1. The number of hydrogen-bond donors (Lipinski definition) is 1. The Morgan fingerprint density at radius 3 is 2.58 bits per heavy atom. The average molecular weight is 275 g/mol. The molecule has 2 nitrogen and oxygen atoms in total. The van der Waals surface area contributed by atoms with E-state index in [1.165, 1.54) is 5.56 Å². The molecule has 0 spiro atoms. The van der Waals surface area contributed by atoms with Gasteiger partial charge in [0.15, 0.2) is 0 Å². The molecular weight excluding hydrogens is 260 g/mol. The molecule has 0 atom stereocenters. The Morgan fingerprint density at radius 1 is 1.16 bits per heavy atom. The fourth-order valence-electron chi connectivity index (χ4n) is 2.06. The molecule has 0 heterocycles. The van der Waals surface area contributed by atoms with Gasteiger partial charge in [0.25, 0.3) is 0 Å². The number of halogens is 1. The predicted molar refractivity (Wildman–Crippen MR) is 77.8 cm³/mol. The van der Waals surface area contributed by atoms with Crippen LogP contribution in [0.1, 0.15) is 29.3 Å². The number of carboxylic acids is 1. The van der Waals surface area contributed by atoms with Gasteiger partial charge in [0, 0.05) is 0 Å². The van der Waals surface area contributed by atoms with E-state index in [1.807, 2.05) is 18.2 Å². The Kier molecular flexibility index (Phi) is 4.23. The number of carboxylic acid groups (broad SMARTS) is 1. The van der Waals surface area contributed by atoms with Crippen molar-refractivity contribution in [2.75, 3.05) is 0 Å². The third kappa shape index (κ3) is 3.15. The smallest absolute Gasteiger partial charge is 0.337 e. The maximum Gasteiger partial charge on any atom is 0.337 e. The summed E-state index contributed by atoms with van der Waals surface area (Å²) in [5.41, 5.74) is 3.29. The lowest BCUT2D eigenvalue weighted by Crippen LogP contribution is -1.97. The summed E-state index contributed by atoms with van der Waals surface area (Å²) in [6.07, 6.45) is 2.11. The Balaban J connectivity index is 2.44. The maximum absolute atomic E-state index is 11.1. The third-order valence-electron chi connectivity index (χ3n) is 3.00. The molecule has 98 valence electrons. The average Bonchev–Trinajstić information content (AvgIpc) is 2.39. The van der Waals surface area contributed by atoms with E-state index in [4.69, 9.17) is 16.7 Å². The number of rotatable bonds is 4. The Hall–Kier alpha value is -1.80. The minimum absolute atomic E-state index is 0.139. The SMILES string of the molecule is CCCc1cccc(-c2ccc(Cl)c(C(=O)O)c2)c1. The number of hydrogen-bond acceptors (Lipinski definition) is 1. The molecule has 19 heavy (non-hydrogen) atoms. The molecule has 0 aliphatic heterocycles. The van der Waals surface area contributed by atoms with Gasteiger partial charge in [0.2, 0.25) is 0 Å². The Morgan fingerprint density at radius 2 is 1.89 bits per heavy atom. The quantitative estimate of drug-likeness (QED) is 0.880. The highest BCUT2D eigenvalue weighted by atomic mass is 35.5. The van der Waals surface area contributed by atoms with Crippen molar-refractivity contribution in [3.8, 4) is 11.1 Å². The van der Waals surface area contributed by atoms with E-state index < -0.39 is 5.97 Å². The van der Waals surface area contributed by atoms with Crippen LogP contribution < -0.4 is 0 Å². The van der Waals surface area contributed by atoms with Crippen molar-refractivity contribution >= 4 is 17.6 Å². The van der Waals surface area contributed by atoms with E-state index >= 15 is 0 Å². The molecule has 2 aromatic rings. The molecule has 0 saturated heterocycles. The Bertz CT molecular complexity index is 605. The molecular formula is C16H15ClO2. The van der Waals surface area contributed by atoms with E-state index in [9.17, 15) is 4.79 Å². The highest BCUT2D eigenvalue weighted by molar-refractivity contribution is 6.33. The summed E-state index contributed by atoms with van der Waals surface area (Å²) in [6.45, 7) is 2.14. The second kappa shape index (κ2) is 5.89. The number of aryl methyl sites for hydroxylation is 1. The standard InChI is InChI=1S/C16H15ClO2/c1-2-4-11-5-3-6-12(9-11)13-7-8-15(17)14(10-13)16(18)19/h3,5-10H,2,4H2,1H3,(H,18,19). The monoisotopic (exact) mass is 274 g/mol. The van der Waals surface area contributed by atoms with Crippen molar-refractivity contribution in [2.45, 2.75) is 19.8 Å². The van der Waals surface area contributed by atoms with E-state index in [0.29, 0.717) is 0 Å². The van der Waals surface area contributed by atoms with Gasteiger partial charge in [-0.15, -0.1) is 0 Å². The van der Waals surface area contributed by atoms with Crippen molar-refractivity contribution in [1.29, 1.82) is 0 Å². The van der Waals surface area contributed by atoms with Crippen LogP contribution in [0.4, 0.5) is 0 Å². The zero-order chi connectivity index (χ0) is 13.8. The lowest BCUT2D eigenvalue weighted by molar-refractivity contribution is 0.0697. The number of benzene rings is 2. The van der Waals surface area contributed by atoms with Gasteiger partial charge in [-0.25, -0.2) is 4.79 Å². The van der Waals surface area contributed by atoms with Gasteiger partial charge in [-0.05, 0) is 35.2 Å². The summed E-state index contributed by atoms with van der Waals surface area (Å²) < 4.78 is 0. The van der Waals surface area contributed by atoms with Crippen LogP contribution in [0.25, 0.3) is 11.1 Å². The number of carbonyl (C=O) groups is 1. The second-order valence-electron chi connectivity index (χ2n) is 4.45. The molecule has 0 fully saturated rings. The first kappa shape index (κ1) is 13.6. The molecule has 3 heteroatoms. The van der Waals surface area contributed by atoms with Gasteiger partial charge < -0.3 is 5.11 Å². The summed E-state index contributed by atoms with van der Waals surface area (Å²) in [5, 5.41) is 9.36. The van der Waals surface area contributed by atoms with Crippen LogP contribution in [-0.4, -0.2) is 11.1 Å². The molecule has 0 unspecified atom stereocenters. The van der Waals surface area contributed by atoms with E-state index in [2.05, 4.69) is 19.1 Å². The van der Waals surface area contributed by atoms with Crippen LogP contribution >= 0.6 is 11.6 Å². The van der Waals surface area contributed by atoms with Crippen LogP contribution in [0.2, 0.25) is 5.02 Å². The van der Waals surface area contributed by atoms with Crippen molar-refractivity contribution in [1.82, 2.24) is 0 Å². The molecule has 0 aliphatic rings. The van der Waals surface area contributed by atoms with Crippen LogP contribution in [0.5, 0.6) is 0 Å². The molecule has 0 radical (unpaired) electrons. The molecule has 0 aliphatic carbocycles. The first-order valence-corrected chi connectivity index (χ1v) is 6.61. The third-order valence-corrected chi connectivity index (χ3v) is 3.33. The van der Waals surface area contributed by atoms with Gasteiger partial charge in [-0.3, -0.25) is 0 Å². The van der Waals surface area contributed by atoms with Gasteiger partial charge in [-0.1, -0.05) is 55.3 Å². The molecule has 0 saturated carbocycles. The van der Waals surface area contributed by atoms with E-state index in [0.717, 1.165) is 24.0 Å². The van der Waals surface area contributed by atoms with Gasteiger partial charge >= 0.3 is 5.97 Å². The summed E-state index contributed by atoms with van der Waals surface area (Å²) in [5.74, 6) is -1.00. The summed E-state index contributed by atoms with van der Waals surface area (Å²) in [6, 6.07) is 13.3. The fourth-order valence-corrected chi connectivity index (χ4v) is 2.26. The first-order valence-electron chi connectivity index (χ1n) is 6.24. The molecule has 0 bridgehead atoms. The summed E-state index contributed by atoms with van der Waals surface area (Å²) >= 11 is 5.88. The lowest BCUT2D eigenvalue weighted by atomic mass is 9.99.